The quantitative estimate of drug-likeness (QED) is 0.667. The topological polar surface area (TPSA) is 50.7 Å². The first-order chi connectivity index (χ1) is 10.6. The van der Waals surface area contributed by atoms with Crippen LogP contribution in [0.3, 0.4) is 0 Å². The largest absolute Gasteiger partial charge is 0.391 e. The molecule has 0 radical (unpaired) electrons. The molecule has 2 aromatic rings. The molecule has 0 saturated carbocycles. The Bertz CT molecular complexity index is 699. The van der Waals surface area contributed by atoms with E-state index in [1.54, 1.807) is 6.07 Å². The van der Waals surface area contributed by atoms with Gasteiger partial charge in [-0.3, -0.25) is 4.79 Å². The van der Waals surface area contributed by atoms with Gasteiger partial charge in [0.05, 0.1) is 0 Å². The Hall–Kier alpha value is -2.33. The van der Waals surface area contributed by atoms with E-state index in [2.05, 4.69) is 10.5 Å². The van der Waals surface area contributed by atoms with Gasteiger partial charge >= 0.3 is 0 Å². The molecule has 0 saturated heterocycles. The number of nitrogens with one attached hydrogen (secondary N) is 1. The maximum Gasteiger partial charge on any atom is 0.270 e. The number of benzene rings is 2. The minimum absolute atomic E-state index is 0.215. The summed E-state index contributed by atoms with van der Waals surface area (Å²) in [6.45, 7) is 4.16. The highest BCUT2D eigenvalue weighted by molar-refractivity contribution is 6.32. The van der Waals surface area contributed by atoms with Crippen LogP contribution in [0.5, 0.6) is 0 Å². The third-order valence-corrected chi connectivity index (χ3v) is 3.43. The van der Waals surface area contributed by atoms with Crippen LogP contribution in [0.15, 0.2) is 47.6 Å². The van der Waals surface area contributed by atoms with Gasteiger partial charge in [-0.15, -0.1) is 0 Å². The standard InChI is InChI=1S/C17H17ClN2O2/c1-12-7-8-16(13(2)9-12)20-17(21)10-19-22-11-14-5-3-4-6-15(14)18/h3-10H,11H2,1-2H3,(H,20,21)/b19-10-. The van der Waals surface area contributed by atoms with Gasteiger partial charge in [0.15, 0.2) is 0 Å². The fourth-order valence-corrected chi connectivity index (χ4v) is 2.12. The van der Waals surface area contributed by atoms with Crippen LogP contribution in [0.2, 0.25) is 5.02 Å². The van der Waals surface area contributed by atoms with Gasteiger partial charge in [0.25, 0.3) is 5.91 Å². The summed E-state index contributed by atoms with van der Waals surface area (Å²) in [7, 11) is 0. The summed E-state index contributed by atoms with van der Waals surface area (Å²) >= 11 is 5.99. The van der Waals surface area contributed by atoms with Crippen molar-refractivity contribution in [2.45, 2.75) is 20.5 Å². The molecule has 0 aliphatic carbocycles. The van der Waals surface area contributed by atoms with E-state index in [4.69, 9.17) is 16.4 Å². The predicted molar refractivity (Wildman–Crippen MR) is 89.3 cm³/mol. The molecule has 0 aliphatic heterocycles. The Morgan fingerprint density at radius 3 is 2.77 bits per heavy atom. The number of aryl methyl sites for hydroxylation is 2. The molecular formula is C17H17ClN2O2. The molecule has 1 N–H and O–H groups in total. The fourth-order valence-electron chi connectivity index (χ4n) is 1.93. The van der Waals surface area contributed by atoms with Crippen LogP contribution in [0.1, 0.15) is 16.7 Å². The highest BCUT2D eigenvalue weighted by atomic mass is 35.5. The van der Waals surface area contributed by atoms with E-state index in [-0.39, 0.29) is 12.5 Å². The number of nitrogens with zero attached hydrogens (tertiary/aromatic N) is 1. The first kappa shape index (κ1) is 16.0. The van der Waals surface area contributed by atoms with Crippen LogP contribution >= 0.6 is 11.6 Å². The Kier molecular flexibility index (Phi) is 5.55. The first-order valence-electron chi connectivity index (χ1n) is 6.83. The van der Waals surface area contributed by atoms with E-state index in [1.165, 1.54) is 0 Å². The van der Waals surface area contributed by atoms with Crippen molar-refractivity contribution < 1.29 is 9.63 Å². The molecule has 5 heteroatoms. The molecule has 0 bridgehead atoms. The molecule has 0 fully saturated rings. The van der Waals surface area contributed by atoms with Gasteiger partial charge in [0.2, 0.25) is 0 Å². The highest BCUT2D eigenvalue weighted by Gasteiger charge is 2.03. The van der Waals surface area contributed by atoms with Gasteiger partial charge in [-0.25, -0.2) is 0 Å². The Morgan fingerprint density at radius 1 is 1.27 bits per heavy atom. The van der Waals surface area contributed by atoms with Crippen LogP contribution in [0.4, 0.5) is 5.69 Å². The number of anilines is 1. The summed E-state index contributed by atoms with van der Waals surface area (Å²) < 4.78 is 0. The van der Waals surface area contributed by atoms with Crippen molar-refractivity contribution in [1.82, 2.24) is 0 Å². The van der Waals surface area contributed by atoms with E-state index < -0.39 is 0 Å². The van der Waals surface area contributed by atoms with Crippen LogP contribution in [-0.2, 0) is 16.2 Å². The maximum absolute atomic E-state index is 11.8. The predicted octanol–water partition coefficient (Wildman–Crippen LogP) is 4.10. The number of rotatable bonds is 5. The molecule has 2 aromatic carbocycles. The van der Waals surface area contributed by atoms with Crippen LogP contribution in [0.25, 0.3) is 0 Å². The lowest BCUT2D eigenvalue weighted by Gasteiger charge is -2.06. The van der Waals surface area contributed by atoms with Gasteiger partial charge in [-0.2, -0.15) is 0 Å². The minimum Gasteiger partial charge on any atom is -0.391 e. The SMILES string of the molecule is Cc1ccc(NC(=O)/C=N\OCc2ccccc2Cl)c(C)c1. The Balaban J connectivity index is 1.85. The van der Waals surface area contributed by atoms with Gasteiger partial charge in [-0.05, 0) is 31.5 Å². The molecule has 1 amide bonds. The minimum atomic E-state index is -0.342. The van der Waals surface area contributed by atoms with Crippen molar-refractivity contribution in [2.75, 3.05) is 5.32 Å². The molecule has 0 aliphatic rings. The molecule has 0 aromatic heterocycles. The second-order valence-corrected chi connectivity index (χ2v) is 5.31. The summed E-state index contributed by atoms with van der Waals surface area (Å²) in [5, 5.41) is 7.02. The third-order valence-electron chi connectivity index (χ3n) is 3.06. The normalized spacial score (nSPS) is 10.7. The zero-order chi connectivity index (χ0) is 15.9. The van der Waals surface area contributed by atoms with Gasteiger partial charge in [-0.1, -0.05) is 52.7 Å². The van der Waals surface area contributed by atoms with Crippen LogP contribution < -0.4 is 5.32 Å². The van der Waals surface area contributed by atoms with E-state index >= 15 is 0 Å². The first-order valence-corrected chi connectivity index (χ1v) is 7.21. The van der Waals surface area contributed by atoms with Crippen molar-refractivity contribution in [3.8, 4) is 0 Å². The highest BCUT2D eigenvalue weighted by Crippen LogP contribution is 2.16. The summed E-state index contributed by atoms with van der Waals surface area (Å²) in [4.78, 5) is 16.8. The lowest BCUT2D eigenvalue weighted by Crippen LogP contribution is -2.13. The lowest BCUT2D eigenvalue weighted by molar-refractivity contribution is -0.110. The number of carbonyl (C=O) groups excluding carboxylic acids is 1. The summed E-state index contributed by atoms with van der Waals surface area (Å²) in [5.41, 5.74) is 3.72. The van der Waals surface area contributed by atoms with E-state index in [0.29, 0.717) is 5.02 Å². The smallest absolute Gasteiger partial charge is 0.270 e. The van der Waals surface area contributed by atoms with Crippen molar-refractivity contribution in [2.24, 2.45) is 5.16 Å². The third kappa shape index (κ3) is 4.60. The van der Waals surface area contributed by atoms with E-state index in [0.717, 1.165) is 28.6 Å². The summed E-state index contributed by atoms with van der Waals surface area (Å²) in [6.07, 6.45) is 1.11. The maximum atomic E-state index is 11.8. The van der Waals surface area contributed by atoms with Crippen molar-refractivity contribution in [3.63, 3.8) is 0 Å². The second kappa shape index (κ2) is 7.61. The lowest BCUT2D eigenvalue weighted by atomic mass is 10.1. The van der Waals surface area contributed by atoms with E-state index in [9.17, 15) is 4.79 Å². The van der Waals surface area contributed by atoms with Gasteiger partial charge in [0.1, 0.15) is 12.8 Å². The molecule has 22 heavy (non-hydrogen) atoms. The number of hydrogen-bond acceptors (Lipinski definition) is 3. The number of hydrogen-bond donors (Lipinski definition) is 1. The average Bonchev–Trinajstić information content (AvgIpc) is 2.48. The molecule has 0 unspecified atom stereocenters. The fraction of sp³-hybridized carbons (Fsp3) is 0.176. The van der Waals surface area contributed by atoms with Crippen molar-refractivity contribution in [1.29, 1.82) is 0 Å². The number of halogens is 1. The van der Waals surface area contributed by atoms with Crippen LogP contribution in [-0.4, -0.2) is 12.1 Å². The summed E-state index contributed by atoms with van der Waals surface area (Å²) in [5.74, 6) is -0.342. The van der Waals surface area contributed by atoms with Gasteiger partial charge in [0, 0.05) is 16.3 Å². The molecular weight excluding hydrogens is 300 g/mol. The molecule has 114 valence electrons. The summed E-state index contributed by atoms with van der Waals surface area (Å²) in [6, 6.07) is 13.1. The molecule has 0 atom stereocenters. The Labute approximate surface area is 134 Å². The van der Waals surface area contributed by atoms with Gasteiger partial charge < -0.3 is 10.2 Å². The molecule has 4 nitrogen and oxygen atoms in total. The molecule has 0 heterocycles. The average molecular weight is 317 g/mol. The zero-order valence-corrected chi connectivity index (χ0v) is 13.2. The second-order valence-electron chi connectivity index (χ2n) is 4.91. The molecule has 0 spiro atoms. The van der Waals surface area contributed by atoms with E-state index in [1.807, 2.05) is 50.2 Å². The number of oxime groups is 1. The molecule has 2 rings (SSSR count). The monoisotopic (exact) mass is 316 g/mol. The number of amides is 1. The number of carbonyl (C=O) groups is 1. The zero-order valence-electron chi connectivity index (χ0n) is 12.5. The van der Waals surface area contributed by atoms with Crippen molar-refractivity contribution in [3.05, 3.63) is 64.2 Å². The van der Waals surface area contributed by atoms with Crippen LogP contribution in [0, 0.1) is 13.8 Å². The van der Waals surface area contributed by atoms with Crippen molar-refractivity contribution >= 4 is 29.4 Å². The Morgan fingerprint density at radius 2 is 2.05 bits per heavy atom.